The van der Waals surface area contributed by atoms with Gasteiger partial charge in [0.05, 0.1) is 17.3 Å². The summed E-state index contributed by atoms with van der Waals surface area (Å²) in [5.74, 6) is -0.685. The Bertz CT molecular complexity index is 1250. The molecule has 8 atom stereocenters. The van der Waals surface area contributed by atoms with E-state index in [2.05, 4.69) is 33.4 Å². The highest BCUT2D eigenvalue weighted by Gasteiger charge is 2.71. The average molecular weight is 602 g/mol. The fourth-order valence-electron chi connectivity index (χ4n) is 9.26. The van der Waals surface area contributed by atoms with Crippen molar-refractivity contribution >= 4 is 34.0 Å². The van der Waals surface area contributed by atoms with Gasteiger partial charge in [0.15, 0.2) is 0 Å². The van der Waals surface area contributed by atoms with Crippen LogP contribution in [0.5, 0.6) is 0 Å². The lowest BCUT2D eigenvalue weighted by molar-refractivity contribution is -0.237. The second kappa shape index (κ2) is 9.50. The molecule has 4 aliphatic carbocycles. The second-order valence-electron chi connectivity index (χ2n) is 12.7. The molecule has 1 aromatic rings. The summed E-state index contributed by atoms with van der Waals surface area (Å²) in [4.78, 5) is 24.7. The second-order valence-corrected chi connectivity index (χ2v) is 13.6. The lowest BCUT2D eigenvalue weighted by Gasteiger charge is -2.65. The Labute approximate surface area is 237 Å². The highest BCUT2D eigenvalue weighted by Crippen LogP contribution is 2.70. The largest absolute Gasteiger partial charge is 0.458 e. The minimum atomic E-state index is -1.17. The third-order valence-corrected chi connectivity index (χ3v) is 11.7. The number of rotatable bonds is 4. The quantitative estimate of drug-likeness (QED) is 0.236. The van der Waals surface area contributed by atoms with Crippen molar-refractivity contribution in [2.75, 3.05) is 6.61 Å². The molecule has 4 saturated carbocycles. The number of amides is 1. The number of nitrogens with zero attached hydrogens (tertiary/aromatic N) is 1. The van der Waals surface area contributed by atoms with E-state index < -0.39 is 28.1 Å². The first-order chi connectivity index (χ1) is 18.5. The van der Waals surface area contributed by atoms with Crippen LogP contribution in [-0.4, -0.2) is 57.3 Å². The summed E-state index contributed by atoms with van der Waals surface area (Å²) < 4.78 is 6.02. The molecule has 1 amide bonds. The maximum atomic E-state index is 12.8. The van der Waals surface area contributed by atoms with Gasteiger partial charge < -0.3 is 20.1 Å². The molecule has 0 radical (unpaired) electrons. The van der Waals surface area contributed by atoms with Crippen LogP contribution in [0.2, 0.25) is 0 Å². The lowest BCUT2D eigenvalue weighted by Crippen LogP contribution is -2.68. The van der Waals surface area contributed by atoms with Crippen molar-refractivity contribution in [3.05, 3.63) is 46.0 Å². The van der Waals surface area contributed by atoms with Crippen LogP contribution in [0.15, 0.2) is 45.5 Å². The molecule has 1 heterocycles. The topological polar surface area (TPSA) is 128 Å². The van der Waals surface area contributed by atoms with Crippen molar-refractivity contribution in [3.8, 4) is 0 Å². The van der Waals surface area contributed by atoms with Gasteiger partial charge in [-0.3, -0.25) is 4.79 Å². The van der Waals surface area contributed by atoms with Gasteiger partial charge in [-0.05, 0) is 92.9 Å². The third kappa shape index (κ3) is 4.06. The molecule has 0 aromatic heterocycles. The lowest BCUT2D eigenvalue weighted by atomic mass is 9.41. The zero-order chi connectivity index (χ0) is 27.6. The normalized spacial score (nSPS) is 43.3. The molecule has 8 nitrogen and oxygen atoms in total. The zero-order valence-corrected chi connectivity index (χ0v) is 23.8. The van der Waals surface area contributed by atoms with Gasteiger partial charge in [-0.25, -0.2) is 10.2 Å². The van der Waals surface area contributed by atoms with E-state index in [1.165, 1.54) is 0 Å². The molecule has 0 saturated heterocycles. The number of fused-ring (bicyclic) bond motifs is 5. The van der Waals surface area contributed by atoms with Gasteiger partial charge in [0, 0.05) is 39.6 Å². The molecule has 39 heavy (non-hydrogen) atoms. The number of aliphatic hydroxyl groups is 3. The number of esters is 1. The summed E-state index contributed by atoms with van der Waals surface area (Å²) in [7, 11) is 0. The number of hydrogen-bond acceptors (Lipinski definition) is 7. The molecule has 1 aromatic carbocycles. The first kappa shape index (κ1) is 27.1. The number of carbonyl (C=O) groups excluding carboxylic acids is 2. The third-order valence-electron chi connectivity index (χ3n) is 11.2. The summed E-state index contributed by atoms with van der Waals surface area (Å²) in [5.41, 5.74) is 0.808. The van der Waals surface area contributed by atoms with Crippen molar-refractivity contribution in [1.29, 1.82) is 0 Å². The molecule has 6 rings (SSSR count). The van der Waals surface area contributed by atoms with E-state index in [1.807, 2.05) is 6.07 Å². The highest BCUT2D eigenvalue weighted by molar-refractivity contribution is 9.10. The molecule has 9 heteroatoms. The number of halogens is 1. The predicted molar refractivity (Wildman–Crippen MR) is 148 cm³/mol. The van der Waals surface area contributed by atoms with Crippen molar-refractivity contribution in [2.45, 2.75) is 82.0 Å². The SMILES string of the molecule is C[C@]12CC[C@H]3[C@@H](CC[C@]4(O)C[C@H](O)CC[C@]34/C=N\NC(=O)c3cccc(Br)c3)[C@@]1(O)CC[C@@H]2C1=CC(=O)OC1. The molecule has 1 aliphatic heterocycles. The van der Waals surface area contributed by atoms with Crippen molar-refractivity contribution in [2.24, 2.45) is 33.7 Å². The van der Waals surface area contributed by atoms with Crippen LogP contribution >= 0.6 is 15.9 Å². The van der Waals surface area contributed by atoms with Crippen LogP contribution in [0.4, 0.5) is 0 Å². The molecular formula is C30H37BrN2O6. The van der Waals surface area contributed by atoms with Crippen LogP contribution in [0.1, 0.15) is 75.1 Å². The Hall–Kier alpha value is -2.07. The van der Waals surface area contributed by atoms with Gasteiger partial charge in [-0.15, -0.1) is 0 Å². The standard InChI is InChI=1S/C30H37BrN2O6/c1-27-9-6-23-24(30(27,38)12-8-22(27)19-14-25(35)39-16-19)7-11-29(37)15-21(34)5-10-28(23,29)17-32-33-26(36)18-3-2-4-20(31)13-18/h2-4,13-14,17,21-24,34,37-38H,5-12,15-16H2,1H3,(H,33,36)/b32-17-/t21-,22-,23+,24-,27-,28+,29+,30+/m1/s1. The maximum Gasteiger partial charge on any atom is 0.331 e. The molecule has 4 N–H and O–H groups in total. The molecule has 0 spiro atoms. The van der Waals surface area contributed by atoms with E-state index in [0.717, 1.165) is 29.3 Å². The van der Waals surface area contributed by atoms with Crippen LogP contribution < -0.4 is 5.43 Å². The van der Waals surface area contributed by atoms with E-state index >= 15 is 0 Å². The number of benzene rings is 1. The summed E-state index contributed by atoms with van der Waals surface area (Å²) >= 11 is 3.39. The van der Waals surface area contributed by atoms with Crippen LogP contribution in [0.25, 0.3) is 0 Å². The summed E-state index contributed by atoms with van der Waals surface area (Å²) in [6, 6.07) is 7.06. The Kier molecular flexibility index (Phi) is 6.61. The first-order valence-corrected chi connectivity index (χ1v) is 14.9. The Morgan fingerprint density at radius 2 is 1.92 bits per heavy atom. The van der Waals surface area contributed by atoms with E-state index in [0.29, 0.717) is 44.3 Å². The number of cyclic esters (lactones) is 1. The van der Waals surface area contributed by atoms with Crippen LogP contribution in [0, 0.1) is 28.6 Å². The summed E-state index contributed by atoms with van der Waals surface area (Å²) in [6.45, 7) is 2.46. The van der Waals surface area contributed by atoms with Gasteiger partial charge >= 0.3 is 5.97 Å². The van der Waals surface area contributed by atoms with Gasteiger partial charge in [0.25, 0.3) is 5.91 Å². The number of hydrogen-bond donors (Lipinski definition) is 4. The van der Waals surface area contributed by atoms with Gasteiger partial charge in [0.1, 0.15) is 6.61 Å². The Morgan fingerprint density at radius 3 is 2.67 bits per heavy atom. The van der Waals surface area contributed by atoms with Crippen molar-refractivity contribution in [1.82, 2.24) is 5.43 Å². The number of nitrogens with one attached hydrogen (secondary N) is 1. The number of hydrazone groups is 1. The van der Waals surface area contributed by atoms with Gasteiger partial charge in [-0.1, -0.05) is 28.9 Å². The van der Waals surface area contributed by atoms with E-state index in [9.17, 15) is 24.9 Å². The average Bonchev–Trinajstić information content (AvgIpc) is 3.43. The first-order valence-electron chi connectivity index (χ1n) is 14.1. The number of ether oxygens (including phenoxy) is 1. The van der Waals surface area contributed by atoms with Crippen LogP contribution in [-0.2, 0) is 9.53 Å². The summed E-state index contributed by atoms with van der Waals surface area (Å²) in [6.07, 6.45) is 8.13. The number of carbonyl (C=O) groups is 2. The molecular weight excluding hydrogens is 564 g/mol. The predicted octanol–water partition coefficient (Wildman–Crippen LogP) is 3.88. The minimum absolute atomic E-state index is 0.0532. The molecule has 4 fully saturated rings. The molecule has 210 valence electrons. The zero-order valence-electron chi connectivity index (χ0n) is 22.2. The number of aliphatic hydroxyl groups excluding tert-OH is 1. The smallest absolute Gasteiger partial charge is 0.331 e. The van der Waals surface area contributed by atoms with E-state index in [-0.39, 0.29) is 36.1 Å². The summed E-state index contributed by atoms with van der Waals surface area (Å²) in [5, 5.41) is 39.6. The van der Waals surface area contributed by atoms with Gasteiger partial charge in [0.2, 0.25) is 0 Å². The van der Waals surface area contributed by atoms with Crippen molar-refractivity contribution < 1.29 is 29.6 Å². The molecule has 0 bridgehead atoms. The Balaban J connectivity index is 1.32. The monoisotopic (exact) mass is 600 g/mol. The minimum Gasteiger partial charge on any atom is -0.458 e. The molecule has 0 unspecified atom stereocenters. The van der Waals surface area contributed by atoms with Gasteiger partial charge in [-0.2, -0.15) is 5.10 Å². The molecule has 5 aliphatic rings. The highest BCUT2D eigenvalue weighted by atomic mass is 79.9. The fourth-order valence-corrected chi connectivity index (χ4v) is 9.66. The van der Waals surface area contributed by atoms with Crippen molar-refractivity contribution in [3.63, 3.8) is 0 Å². The fraction of sp³-hybridized carbons (Fsp3) is 0.633. The maximum absolute atomic E-state index is 12.8. The Morgan fingerprint density at radius 1 is 1.13 bits per heavy atom. The van der Waals surface area contributed by atoms with E-state index in [4.69, 9.17) is 4.74 Å². The van der Waals surface area contributed by atoms with Crippen LogP contribution in [0.3, 0.4) is 0 Å². The van der Waals surface area contributed by atoms with E-state index in [1.54, 1.807) is 30.5 Å².